The summed E-state index contributed by atoms with van der Waals surface area (Å²) in [5.74, 6) is 0.441. The number of hydrogen-bond donors (Lipinski definition) is 2. The molecule has 0 aromatic carbocycles. The molecule has 0 saturated heterocycles. The van der Waals surface area contributed by atoms with Crippen molar-refractivity contribution in [3.8, 4) is 0 Å². The van der Waals surface area contributed by atoms with Crippen molar-refractivity contribution in [3.05, 3.63) is 16.3 Å². The summed E-state index contributed by atoms with van der Waals surface area (Å²) in [6.45, 7) is 0.715. The molecule has 106 valence electrons. The number of hydrogen-bond acceptors (Lipinski definition) is 8. The van der Waals surface area contributed by atoms with Crippen molar-refractivity contribution < 1.29 is 14.4 Å². The molecule has 0 aliphatic rings. The zero-order valence-corrected chi connectivity index (χ0v) is 11.0. The first-order valence-corrected chi connectivity index (χ1v) is 5.57. The van der Waals surface area contributed by atoms with E-state index in [2.05, 4.69) is 20.6 Å². The van der Waals surface area contributed by atoms with Crippen LogP contribution in [0, 0.1) is 10.1 Å². The molecule has 0 spiro atoms. The second-order valence-corrected chi connectivity index (χ2v) is 3.63. The summed E-state index contributed by atoms with van der Waals surface area (Å²) >= 11 is 0. The fraction of sp³-hybridized carbons (Fsp3) is 0.600. The summed E-state index contributed by atoms with van der Waals surface area (Å²) in [5.41, 5.74) is -0.189. The second kappa shape index (κ2) is 7.44. The normalized spacial score (nSPS) is 11.9. The summed E-state index contributed by atoms with van der Waals surface area (Å²) in [7, 11) is 4.73. The Kier molecular flexibility index (Phi) is 5.90. The summed E-state index contributed by atoms with van der Waals surface area (Å²) in [5, 5.41) is 16.5. The molecule has 0 aliphatic heterocycles. The fourth-order valence-electron chi connectivity index (χ4n) is 1.37. The van der Waals surface area contributed by atoms with E-state index in [4.69, 9.17) is 9.47 Å². The Balaban J connectivity index is 2.82. The van der Waals surface area contributed by atoms with Crippen LogP contribution in [0.25, 0.3) is 0 Å². The molecule has 1 unspecified atom stereocenters. The molecule has 2 N–H and O–H groups in total. The van der Waals surface area contributed by atoms with Crippen molar-refractivity contribution in [2.45, 2.75) is 6.10 Å². The predicted octanol–water partition coefficient (Wildman–Crippen LogP) is 0.500. The maximum atomic E-state index is 10.9. The van der Waals surface area contributed by atoms with Crippen LogP contribution in [-0.2, 0) is 9.47 Å². The van der Waals surface area contributed by atoms with E-state index in [1.807, 2.05) is 0 Å². The van der Waals surface area contributed by atoms with Crippen molar-refractivity contribution in [2.24, 2.45) is 0 Å². The molecule has 0 bridgehead atoms. The van der Waals surface area contributed by atoms with Crippen molar-refractivity contribution in [3.63, 3.8) is 0 Å². The number of nitrogens with one attached hydrogen (secondary N) is 2. The first kappa shape index (κ1) is 15.1. The Morgan fingerprint density at radius 3 is 2.79 bits per heavy atom. The first-order chi connectivity index (χ1) is 9.12. The molecule has 0 radical (unpaired) electrons. The molecule has 0 saturated carbocycles. The average molecular weight is 271 g/mol. The summed E-state index contributed by atoms with van der Waals surface area (Å²) in [6.07, 6.45) is 0.928. The molecular weight excluding hydrogens is 254 g/mol. The first-order valence-electron chi connectivity index (χ1n) is 5.57. The van der Waals surface area contributed by atoms with Crippen molar-refractivity contribution in [2.75, 3.05) is 45.1 Å². The maximum absolute atomic E-state index is 10.9. The number of rotatable bonds is 8. The van der Waals surface area contributed by atoms with E-state index in [-0.39, 0.29) is 17.6 Å². The molecule has 1 aromatic rings. The van der Waals surface area contributed by atoms with Crippen molar-refractivity contribution in [1.82, 2.24) is 9.97 Å². The Morgan fingerprint density at radius 2 is 2.26 bits per heavy atom. The van der Waals surface area contributed by atoms with E-state index < -0.39 is 4.92 Å². The van der Waals surface area contributed by atoms with Crippen LogP contribution in [0.3, 0.4) is 0 Å². The number of nitrogens with zero attached hydrogens (tertiary/aromatic N) is 3. The standard InChI is InChI=1S/C10H17N5O4/c1-11-10-13-5-8(15(16)17)9(14-10)12-4-7(19-3)6-18-2/h5,7H,4,6H2,1-3H3,(H2,11,12,13,14). The maximum Gasteiger partial charge on any atom is 0.329 e. The van der Waals surface area contributed by atoms with Gasteiger partial charge in [-0.3, -0.25) is 10.1 Å². The van der Waals surface area contributed by atoms with Crippen LogP contribution in [0.1, 0.15) is 0 Å². The zero-order chi connectivity index (χ0) is 14.3. The van der Waals surface area contributed by atoms with Gasteiger partial charge in [0.05, 0.1) is 17.6 Å². The van der Waals surface area contributed by atoms with Crippen LogP contribution in [0.5, 0.6) is 0 Å². The molecule has 9 heteroatoms. The van der Waals surface area contributed by atoms with E-state index in [0.29, 0.717) is 19.1 Å². The van der Waals surface area contributed by atoms with Gasteiger partial charge >= 0.3 is 5.69 Å². The van der Waals surface area contributed by atoms with Gasteiger partial charge in [-0.2, -0.15) is 4.98 Å². The van der Waals surface area contributed by atoms with Gasteiger partial charge in [0.15, 0.2) is 0 Å². The number of nitro groups is 1. The molecule has 1 aromatic heterocycles. The van der Waals surface area contributed by atoms with Gasteiger partial charge in [0.1, 0.15) is 6.20 Å². The largest absolute Gasteiger partial charge is 0.382 e. The Labute approximate surface area is 110 Å². The minimum atomic E-state index is -0.542. The van der Waals surface area contributed by atoms with Crippen LogP contribution in [0.4, 0.5) is 17.5 Å². The van der Waals surface area contributed by atoms with Crippen molar-refractivity contribution >= 4 is 17.5 Å². The van der Waals surface area contributed by atoms with Gasteiger partial charge in [-0.05, 0) is 0 Å². The van der Waals surface area contributed by atoms with Gasteiger partial charge < -0.3 is 20.1 Å². The third-order valence-corrected chi connectivity index (χ3v) is 2.37. The van der Waals surface area contributed by atoms with Crippen LogP contribution in [0.2, 0.25) is 0 Å². The topological polar surface area (TPSA) is 111 Å². The Hall–Kier alpha value is -2.00. The highest BCUT2D eigenvalue weighted by Crippen LogP contribution is 2.21. The summed E-state index contributed by atoms with van der Waals surface area (Å²) in [6, 6.07) is 0. The molecule has 0 aliphatic carbocycles. The van der Waals surface area contributed by atoms with E-state index in [1.165, 1.54) is 0 Å². The monoisotopic (exact) mass is 271 g/mol. The molecular formula is C10H17N5O4. The zero-order valence-electron chi connectivity index (χ0n) is 11.0. The second-order valence-electron chi connectivity index (χ2n) is 3.63. The van der Waals surface area contributed by atoms with Crippen LogP contribution < -0.4 is 10.6 Å². The predicted molar refractivity (Wildman–Crippen MR) is 69.4 cm³/mol. The molecule has 0 amide bonds. The van der Waals surface area contributed by atoms with E-state index in [1.54, 1.807) is 21.3 Å². The van der Waals surface area contributed by atoms with E-state index in [0.717, 1.165) is 6.20 Å². The molecule has 0 fully saturated rings. The Morgan fingerprint density at radius 1 is 1.53 bits per heavy atom. The van der Waals surface area contributed by atoms with Crippen LogP contribution in [0.15, 0.2) is 6.20 Å². The quantitative estimate of drug-likeness (QED) is 0.519. The lowest BCUT2D eigenvalue weighted by Gasteiger charge is -2.15. The minimum Gasteiger partial charge on any atom is -0.382 e. The van der Waals surface area contributed by atoms with Gasteiger partial charge in [0, 0.05) is 27.8 Å². The molecule has 1 rings (SSSR count). The van der Waals surface area contributed by atoms with Crippen molar-refractivity contribution in [1.29, 1.82) is 0 Å². The molecule has 9 nitrogen and oxygen atoms in total. The van der Waals surface area contributed by atoms with Crippen LogP contribution in [-0.4, -0.2) is 55.4 Å². The number of aromatic nitrogens is 2. The molecule has 1 atom stereocenters. The lowest BCUT2D eigenvalue weighted by molar-refractivity contribution is -0.384. The highest BCUT2D eigenvalue weighted by molar-refractivity contribution is 5.56. The molecule has 19 heavy (non-hydrogen) atoms. The van der Waals surface area contributed by atoms with Gasteiger partial charge in [-0.25, -0.2) is 4.98 Å². The van der Waals surface area contributed by atoms with E-state index in [9.17, 15) is 10.1 Å². The lowest BCUT2D eigenvalue weighted by atomic mass is 10.3. The fourth-order valence-corrected chi connectivity index (χ4v) is 1.37. The third kappa shape index (κ3) is 4.30. The SMILES string of the molecule is CNc1ncc([N+](=O)[O-])c(NCC(COC)OC)n1. The highest BCUT2D eigenvalue weighted by Gasteiger charge is 2.18. The van der Waals surface area contributed by atoms with Crippen LogP contribution >= 0.6 is 0 Å². The lowest BCUT2D eigenvalue weighted by Crippen LogP contribution is -2.27. The number of methoxy groups -OCH3 is 2. The summed E-state index contributed by atoms with van der Waals surface area (Å²) < 4.78 is 10.1. The van der Waals surface area contributed by atoms with Gasteiger partial charge in [0.2, 0.25) is 11.8 Å². The van der Waals surface area contributed by atoms with E-state index >= 15 is 0 Å². The Bertz CT molecular complexity index is 428. The highest BCUT2D eigenvalue weighted by atomic mass is 16.6. The smallest absolute Gasteiger partial charge is 0.329 e. The minimum absolute atomic E-state index is 0.141. The number of anilines is 2. The number of ether oxygens (including phenoxy) is 2. The van der Waals surface area contributed by atoms with Gasteiger partial charge in [-0.1, -0.05) is 0 Å². The third-order valence-electron chi connectivity index (χ3n) is 2.37. The molecule has 1 heterocycles. The average Bonchev–Trinajstić information content (AvgIpc) is 2.42. The van der Waals surface area contributed by atoms with Gasteiger partial charge in [0.25, 0.3) is 0 Å². The summed E-state index contributed by atoms with van der Waals surface area (Å²) in [4.78, 5) is 18.1. The van der Waals surface area contributed by atoms with Gasteiger partial charge in [-0.15, -0.1) is 0 Å².